The van der Waals surface area contributed by atoms with E-state index in [0.29, 0.717) is 27.5 Å². The molecule has 3 rings (SSSR count). The molecule has 0 spiro atoms. The summed E-state index contributed by atoms with van der Waals surface area (Å²) in [6.07, 6.45) is 1.41. The van der Waals surface area contributed by atoms with Crippen molar-refractivity contribution in [1.82, 2.24) is 5.43 Å². The van der Waals surface area contributed by atoms with Gasteiger partial charge < -0.3 is 4.74 Å². The Morgan fingerprint density at radius 2 is 1.48 bits per heavy atom. The number of nitrogens with one attached hydrogen (secondary N) is 1. The minimum absolute atomic E-state index is 0.143. The van der Waals surface area contributed by atoms with Gasteiger partial charge in [0.05, 0.1) is 6.21 Å². The van der Waals surface area contributed by atoms with Gasteiger partial charge in [-0.3, -0.25) is 9.59 Å². The van der Waals surface area contributed by atoms with Crippen LogP contribution >= 0.6 is 11.6 Å². The molecule has 0 aliphatic heterocycles. The number of ketones is 1. The molecule has 0 saturated carbocycles. The first kappa shape index (κ1) is 22.2. The summed E-state index contributed by atoms with van der Waals surface area (Å²) in [7, 11) is 0. The van der Waals surface area contributed by atoms with Crippen molar-refractivity contribution >= 4 is 29.5 Å². The second kappa shape index (κ2) is 9.53. The predicted molar refractivity (Wildman–Crippen MR) is 118 cm³/mol. The van der Waals surface area contributed by atoms with E-state index in [1.807, 2.05) is 0 Å². The van der Waals surface area contributed by atoms with Gasteiger partial charge in [0.25, 0.3) is 5.91 Å². The first-order valence-electron chi connectivity index (χ1n) is 9.43. The highest BCUT2D eigenvalue weighted by Crippen LogP contribution is 2.21. The Bertz CT molecular complexity index is 1090. The number of hydrogen-bond donors (Lipinski definition) is 1. The highest BCUT2D eigenvalue weighted by atomic mass is 35.5. The van der Waals surface area contributed by atoms with Crippen LogP contribution in [0.2, 0.25) is 5.02 Å². The van der Waals surface area contributed by atoms with Crippen LogP contribution in [-0.2, 0) is 4.79 Å². The number of hydrazone groups is 1. The molecule has 3 aromatic carbocycles. The number of nitrogens with zero attached hydrogens (tertiary/aromatic N) is 1. The van der Waals surface area contributed by atoms with Gasteiger partial charge in [-0.15, -0.1) is 0 Å². The van der Waals surface area contributed by atoms with Gasteiger partial charge in [0, 0.05) is 16.1 Å². The Balaban J connectivity index is 1.61. The molecule has 0 aliphatic rings. The topological polar surface area (TPSA) is 67.8 Å². The van der Waals surface area contributed by atoms with Crippen molar-refractivity contribution in [3.8, 4) is 5.75 Å². The third kappa shape index (κ3) is 5.99. The molecule has 1 amide bonds. The fourth-order valence-corrected chi connectivity index (χ4v) is 2.76. The van der Waals surface area contributed by atoms with Crippen LogP contribution in [0.3, 0.4) is 0 Å². The third-order valence-electron chi connectivity index (χ3n) is 4.39. The van der Waals surface area contributed by atoms with Gasteiger partial charge in [0.1, 0.15) is 11.6 Å². The first-order valence-corrected chi connectivity index (χ1v) is 9.81. The molecule has 7 heteroatoms. The molecular formula is C24H20ClFN2O3. The van der Waals surface area contributed by atoms with Gasteiger partial charge in [0.2, 0.25) is 0 Å². The third-order valence-corrected chi connectivity index (χ3v) is 4.64. The standard InChI is InChI=1S/C24H20ClFN2O3/c1-24(2,23(30)28-27-15-16-3-11-20(26)12-4-16)31-21-13-7-18(8-14-21)22(29)17-5-9-19(25)10-6-17/h3-15H,1-2H3,(H,28,30)/b27-15+. The molecule has 0 bridgehead atoms. The summed E-state index contributed by atoms with van der Waals surface area (Å²) in [5, 5.41) is 4.43. The molecule has 0 heterocycles. The summed E-state index contributed by atoms with van der Waals surface area (Å²) in [5.41, 5.74) is 2.84. The Labute approximate surface area is 184 Å². The minimum atomic E-state index is -1.22. The normalized spacial score (nSPS) is 11.4. The Hall–Kier alpha value is -3.51. The van der Waals surface area contributed by atoms with E-state index in [1.165, 1.54) is 18.3 Å². The molecule has 0 unspecified atom stereocenters. The number of rotatable bonds is 7. The molecule has 0 aromatic heterocycles. The lowest BCUT2D eigenvalue weighted by Crippen LogP contribution is -2.44. The molecule has 0 radical (unpaired) electrons. The second-order valence-electron chi connectivity index (χ2n) is 7.22. The Morgan fingerprint density at radius 1 is 0.935 bits per heavy atom. The van der Waals surface area contributed by atoms with Crippen molar-refractivity contribution in [1.29, 1.82) is 0 Å². The van der Waals surface area contributed by atoms with E-state index in [9.17, 15) is 14.0 Å². The summed E-state index contributed by atoms with van der Waals surface area (Å²) in [6.45, 7) is 3.20. The van der Waals surface area contributed by atoms with Gasteiger partial charge in [-0.2, -0.15) is 5.10 Å². The van der Waals surface area contributed by atoms with Crippen LogP contribution in [0, 0.1) is 5.82 Å². The van der Waals surface area contributed by atoms with Crippen LogP contribution in [-0.4, -0.2) is 23.5 Å². The average molecular weight is 439 g/mol. The quantitative estimate of drug-likeness (QED) is 0.320. The zero-order valence-electron chi connectivity index (χ0n) is 16.9. The summed E-state index contributed by atoms with van der Waals surface area (Å²) >= 11 is 5.86. The number of amides is 1. The van der Waals surface area contributed by atoms with Crippen molar-refractivity contribution < 1.29 is 18.7 Å². The number of halogens is 2. The molecular weight excluding hydrogens is 419 g/mol. The summed E-state index contributed by atoms with van der Waals surface area (Å²) in [5.74, 6) is -0.533. The highest BCUT2D eigenvalue weighted by molar-refractivity contribution is 6.30. The van der Waals surface area contributed by atoms with Crippen molar-refractivity contribution in [2.24, 2.45) is 5.10 Å². The zero-order valence-corrected chi connectivity index (χ0v) is 17.7. The van der Waals surface area contributed by atoms with Gasteiger partial charge in [0.15, 0.2) is 11.4 Å². The van der Waals surface area contributed by atoms with E-state index in [4.69, 9.17) is 16.3 Å². The van der Waals surface area contributed by atoms with E-state index < -0.39 is 11.5 Å². The number of carbonyl (C=O) groups excluding carboxylic acids is 2. The summed E-state index contributed by atoms with van der Waals surface area (Å²) in [6, 6.07) is 18.8. The fraction of sp³-hybridized carbons (Fsp3) is 0.125. The predicted octanol–water partition coefficient (Wildman–Crippen LogP) is 5.02. The Morgan fingerprint density at radius 3 is 2.06 bits per heavy atom. The molecule has 1 N–H and O–H groups in total. The van der Waals surface area contributed by atoms with Crippen LogP contribution in [0.25, 0.3) is 0 Å². The summed E-state index contributed by atoms with van der Waals surface area (Å²) in [4.78, 5) is 25.0. The molecule has 31 heavy (non-hydrogen) atoms. The molecule has 0 atom stereocenters. The van der Waals surface area contributed by atoms with Gasteiger partial charge >= 0.3 is 0 Å². The minimum Gasteiger partial charge on any atom is -0.478 e. The van der Waals surface area contributed by atoms with E-state index in [1.54, 1.807) is 74.5 Å². The smallest absolute Gasteiger partial charge is 0.283 e. The van der Waals surface area contributed by atoms with Crippen LogP contribution < -0.4 is 10.2 Å². The molecule has 0 aliphatic carbocycles. The maximum absolute atomic E-state index is 12.9. The fourth-order valence-electron chi connectivity index (χ4n) is 2.63. The highest BCUT2D eigenvalue weighted by Gasteiger charge is 2.30. The van der Waals surface area contributed by atoms with Crippen LogP contribution in [0.1, 0.15) is 35.3 Å². The lowest BCUT2D eigenvalue weighted by molar-refractivity contribution is -0.134. The molecule has 158 valence electrons. The molecule has 0 fully saturated rings. The first-order chi connectivity index (χ1) is 14.7. The van der Waals surface area contributed by atoms with Crippen LogP contribution in [0.15, 0.2) is 77.9 Å². The van der Waals surface area contributed by atoms with Crippen molar-refractivity contribution in [2.75, 3.05) is 0 Å². The lowest BCUT2D eigenvalue weighted by Gasteiger charge is -2.24. The zero-order chi connectivity index (χ0) is 22.4. The number of carbonyl (C=O) groups is 2. The monoisotopic (exact) mass is 438 g/mol. The van der Waals surface area contributed by atoms with Gasteiger partial charge in [-0.05, 0) is 80.1 Å². The molecule has 0 saturated heterocycles. The lowest BCUT2D eigenvalue weighted by atomic mass is 10.0. The number of hydrogen-bond acceptors (Lipinski definition) is 4. The SMILES string of the molecule is CC(C)(Oc1ccc(C(=O)c2ccc(Cl)cc2)cc1)C(=O)N/N=C/c1ccc(F)cc1. The number of ether oxygens (including phenoxy) is 1. The van der Waals surface area contributed by atoms with Gasteiger partial charge in [-0.1, -0.05) is 23.7 Å². The summed E-state index contributed by atoms with van der Waals surface area (Å²) < 4.78 is 18.7. The molecule has 3 aromatic rings. The maximum Gasteiger partial charge on any atom is 0.283 e. The van der Waals surface area contributed by atoms with E-state index in [0.717, 1.165) is 0 Å². The van der Waals surface area contributed by atoms with E-state index in [2.05, 4.69) is 10.5 Å². The maximum atomic E-state index is 12.9. The molecule has 5 nitrogen and oxygen atoms in total. The van der Waals surface area contributed by atoms with Crippen molar-refractivity contribution in [3.05, 3.63) is 100 Å². The number of benzene rings is 3. The van der Waals surface area contributed by atoms with Crippen molar-refractivity contribution in [3.63, 3.8) is 0 Å². The Kier molecular flexibility index (Phi) is 6.82. The van der Waals surface area contributed by atoms with Crippen LogP contribution in [0.4, 0.5) is 4.39 Å². The van der Waals surface area contributed by atoms with Gasteiger partial charge in [-0.25, -0.2) is 9.82 Å². The van der Waals surface area contributed by atoms with E-state index >= 15 is 0 Å². The van der Waals surface area contributed by atoms with E-state index in [-0.39, 0.29) is 11.6 Å². The second-order valence-corrected chi connectivity index (χ2v) is 7.66. The van der Waals surface area contributed by atoms with Crippen molar-refractivity contribution in [2.45, 2.75) is 19.4 Å². The van der Waals surface area contributed by atoms with Crippen LogP contribution in [0.5, 0.6) is 5.75 Å². The largest absolute Gasteiger partial charge is 0.478 e. The average Bonchev–Trinajstić information content (AvgIpc) is 2.75.